The summed E-state index contributed by atoms with van der Waals surface area (Å²) in [6.45, 7) is 11.7. The van der Waals surface area contributed by atoms with Crippen molar-refractivity contribution in [1.82, 2.24) is 25.2 Å². The molecule has 10 heteroatoms. The molecule has 1 aliphatic rings. The van der Waals surface area contributed by atoms with Gasteiger partial charge in [-0.25, -0.2) is 15.0 Å². The first kappa shape index (κ1) is 25.4. The summed E-state index contributed by atoms with van der Waals surface area (Å²) in [5, 5.41) is 13.8. The van der Waals surface area contributed by atoms with Gasteiger partial charge >= 0.3 is 7.05 Å². The summed E-state index contributed by atoms with van der Waals surface area (Å²) in [5.74, 6) is 0. The molecule has 3 N–H and O–H groups in total. The van der Waals surface area contributed by atoms with Crippen LogP contribution in [-0.4, -0.2) is 72.9 Å². The summed E-state index contributed by atoms with van der Waals surface area (Å²) < 4.78 is 4.95. The second-order valence-corrected chi connectivity index (χ2v) is 15.4. The fourth-order valence-corrected chi connectivity index (χ4v) is 4.82. The fourth-order valence-electron chi connectivity index (χ4n) is 4.01. The molecule has 0 aromatic carbocycles. The molecule has 4 rings (SSSR count). The smallest absolute Gasteiger partial charge is 0.373 e. The van der Waals surface area contributed by atoms with Gasteiger partial charge in [-0.2, -0.15) is 0 Å². The van der Waals surface area contributed by atoms with E-state index in [9.17, 15) is 5.02 Å². The van der Waals surface area contributed by atoms with Crippen LogP contribution in [0.15, 0.2) is 37.2 Å². The summed E-state index contributed by atoms with van der Waals surface area (Å²) >= 11 is 0. The summed E-state index contributed by atoms with van der Waals surface area (Å²) in [6.07, 6.45) is 11.0. The minimum atomic E-state index is -0.803. The molecule has 0 spiro atoms. The first-order valence-corrected chi connectivity index (χ1v) is 15.4. The van der Waals surface area contributed by atoms with Gasteiger partial charge in [-0.1, -0.05) is 19.6 Å². The average Bonchev–Trinajstić information content (AvgIpc) is 3.23. The van der Waals surface area contributed by atoms with Crippen molar-refractivity contribution in [3.63, 3.8) is 0 Å². The zero-order chi connectivity index (χ0) is 23.8. The van der Waals surface area contributed by atoms with Crippen LogP contribution in [0.5, 0.6) is 0 Å². The lowest BCUT2D eigenvalue weighted by Crippen LogP contribution is -2.47. The number of methoxy groups -OCH3 is 1. The number of aromatic amines is 1. The van der Waals surface area contributed by atoms with E-state index in [-0.39, 0.29) is 0 Å². The molecule has 3 aromatic rings. The molecule has 0 atom stereocenters. The summed E-state index contributed by atoms with van der Waals surface area (Å²) in [7, 11) is 0.501. The first-order chi connectivity index (χ1) is 15.8. The van der Waals surface area contributed by atoms with Crippen molar-refractivity contribution in [2.75, 3.05) is 31.7 Å². The van der Waals surface area contributed by atoms with E-state index in [0.29, 0.717) is 6.04 Å². The van der Waals surface area contributed by atoms with Gasteiger partial charge in [0, 0.05) is 87.9 Å². The second kappa shape index (κ2) is 11.7. The Balaban J connectivity index is 0.000000331. The minimum absolute atomic E-state index is 0.363. The highest BCUT2D eigenvalue weighted by molar-refractivity contribution is 6.76. The molecule has 3 aromatic heterocycles. The number of aromatic nitrogens is 4. The summed E-state index contributed by atoms with van der Waals surface area (Å²) in [6, 6.07) is 3.72. The molecule has 178 valence electrons. The van der Waals surface area contributed by atoms with Crippen molar-refractivity contribution in [1.29, 1.82) is 0 Å². The van der Waals surface area contributed by atoms with Crippen molar-refractivity contribution in [3.8, 4) is 11.1 Å². The number of rotatable bonds is 7. The highest BCUT2D eigenvalue weighted by atomic mass is 28.3. The molecule has 0 radical (unpaired) electrons. The lowest BCUT2D eigenvalue weighted by Gasteiger charge is -2.34. The Labute approximate surface area is 198 Å². The maximum absolute atomic E-state index is 9.51. The number of pyridine rings is 1. The van der Waals surface area contributed by atoms with Gasteiger partial charge < -0.3 is 24.9 Å². The van der Waals surface area contributed by atoms with Gasteiger partial charge in [0.1, 0.15) is 12.0 Å². The van der Waals surface area contributed by atoms with Crippen LogP contribution in [0.4, 0.5) is 5.69 Å². The van der Waals surface area contributed by atoms with Gasteiger partial charge in [-0.15, -0.1) is 0 Å². The molecule has 1 saturated heterocycles. The van der Waals surface area contributed by atoms with E-state index in [1.165, 1.54) is 18.1 Å². The Morgan fingerprint density at radius 2 is 1.94 bits per heavy atom. The van der Waals surface area contributed by atoms with Crippen LogP contribution < -0.4 is 10.1 Å². The van der Waals surface area contributed by atoms with Gasteiger partial charge in [-0.3, -0.25) is 0 Å². The van der Waals surface area contributed by atoms with E-state index in [2.05, 4.69) is 55.8 Å². The van der Waals surface area contributed by atoms with Crippen LogP contribution in [-0.2, 0) is 4.74 Å². The molecular weight excluding hydrogens is 431 g/mol. The molecule has 8 nitrogen and oxygen atoms in total. The molecule has 1 fully saturated rings. The Bertz CT molecular complexity index is 988. The number of hydrogen-bond donors (Lipinski definition) is 3. The van der Waals surface area contributed by atoms with Crippen LogP contribution in [0.3, 0.4) is 0 Å². The van der Waals surface area contributed by atoms with Gasteiger partial charge in [-0.05, 0) is 31.8 Å². The van der Waals surface area contributed by atoms with Crippen molar-refractivity contribution < 1.29 is 9.76 Å². The number of nitrogens with one attached hydrogen (secondary N) is 2. The topological polar surface area (TPSA) is 99.2 Å². The van der Waals surface area contributed by atoms with Crippen LogP contribution >= 0.6 is 0 Å². The monoisotopic (exact) mass is 468 g/mol. The normalized spacial score (nSPS) is 14.8. The molecule has 0 aliphatic carbocycles. The molecular formula is C23H37BN6O2Si. The Kier molecular flexibility index (Phi) is 9.02. The van der Waals surface area contributed by atoms with E-state index >= 15 is 0 Å². The molecule has 33 heavy (non-hydrogen) atoms. The van der Waals surface area contributed by atoms with Crippen LogP contribution in [0.1, 0.15) is 12.8 Å². The third-order valence-corrected chi connectivity index (χ3v) is 7.50. The Morgan fingerprint density at radius 3 is 2.52 bits per heavy atom. The molecule has 0 amide bonds. The van der Waals surface area contributed by atoms with E-state index in [0.717, 1.165) is 54.7 Å². The lowest BCUT2D eigenvalue weighted by atomic mass is 9.85. The summed E-state index contributed by atoms with van der Waals surface area (Å²) in [5.41, 5.74) is 4.11. The van der Waals surface area contributed by atoms with Crippen molar-refractivity contribution in [2.24, 2.45) is 0 Å². The lowest BCUT2D eigenvalue weighted by molar-refractivity contribution is 0.214. The maximum Gasteiger partial charge on any atom is 0.373 e. The van der Waals surface area contributed by atoms with Gasteiger partial charge in [0.15, 0.2) is 0 Å². The van der Waals surface area contributed by atoms with Crippen molar-refractivity contribution >= 4 is 31.8 Å². The van der Waals surface area contributed by atoms with E-state index in [1.54, 1.807) is 13.9 Å². The molecule has 4 heterocycles. The van der Waals surface area contributed by atoms with Gasteiger partial charge in [0.2, 0.25) is 0 Å². The molecule has 0 unspecified atom stereocenters. The number of fused-ring (bicyclic) bond motifs is 1. The third kappa shape index (κ3) is 7.36. The zero-order valence-electron chi connectivity index (χ0n) is 20.5. The van der Waals surface area contributed by atoms with E-state index in [1.807, 2.05) is 24.8 Å². The maximum atomic E-state index is 9.51. The van der Waals surface area contributed by atoms with Crippen LogP contribution in [0.25, 0.3) is 22.2 Å². The standard InChI is InChI=1S/C17H21BN6O.C6H16OSi/c1-18(25)23-13-3-6-24(7-4-13)15-2-5-21-17-16(15)14(10-22-17)12-8-19-11-20-9-12;1-7-5-6-8(2,3)4/h2,5,8-11,13,23,25H,3-4,6-7H2,1H3,(H,21,22);5-6H2,1-4H3. The zero-order valence-corrected chi connectivity index (χ0v) is 21.5. The number of anilines is 1. The second-order valence-electron chi connectivity index (χ2n) is 9.79. The average molecular weight is 468 g/mol. The van der Waals surface area contributed by atoms with Crippen molar-refractivity contribution in [3.05, 3.63) is 37.2 Å². The predicted molar refractivity (Wildman–Crippen MR) is 139 cm³/mol. The predicted octanol–water partition coefficient (Wildman–Crippen LogP) is 3.66. The number of hydrogen-bond acceptors (Lipinski definition) is 7. The number of piperidine rings is 1. The first-order valence-electron chi connectivity index (χ1n) is 11.7. The minimum Gasteiger partial charge on any atom is -0.437 e. The number of H-pyrrole nitrogens is 1. The summed E-state index contributed by atoms with van der Waals surface area (Å²) in [4.78, 5) is 18.4. The highest BCUT2D eigenvalue weighted by Gasteiger charge is 2.23. The quantitative estimate of drug-likeness (QED) is 0.455. The van der Waals surface area contributed by atoms with Gasteiger partial charge in [0.25, 0.3) is 0 Å². The van der Waals surface area contributed by atoms with Gasteiger partial charge in [0.05, 0.1) is 0 Å². The molecule has 0 bridgehead atoms. The number of ether oxygens (including phenoxy) is 1. The van der Waals surface area contributed by atoms with E-state index in [4.69, 9.17) is 4.74 Å². The fraction of sp³-hybridized carbons (Fsp3) is 0.522. The molecule has 0 saturated carbocycles. The van der Waals surface area contributed by atoms with Crippen LogP contribution in [0, 0.1) is 0 Å². The van der Waals surface area contributed by atoms with Crippen molar-refractivity contribution in [2.45, 2.75) is 51.4 Å². The Morgan fingerprint density at radius 1 is 1.24 bits per heavy atom. The molecule has 1 aliphatic heterocycles. The van der Waals surface area contributed by atoms with E-state index < -0.39 is 15.1 Å². The number of nitrogens with zero attached hydrogens (tertiary/aromatic N) is 4. The largest absolute Gasteiger partial charge is 0.437 e. The SMILES string of the molecule is CB(O)NC1CCN(c2ccnc3[nH]cc(-c4cncnc4)c23)CC1.COCC[Si](C)(C)C. The van der Waals surface area contributed by atoms with Crippen LogP contribution in [0.2, 0.25) is 32.5 Å². The third-order valence-electron chi connectivity index (χ3n) is 5.79. The Hall–Kier alpha value is -2.27. The highest BCUT2D eigenvalue weighted by Crippen LogP contribution is 2.35.